The van der Waals surface area contributed by atoms with E-state index in [9.17, 15) is 13.2 Å². The third-order valence-electron chi connectivity index (χ3n) is 4.84. The monoisotopic (exact) mass is 458 g/mol. The molecule has 2 aromatic carbocycles. The van der Waals surface area contributed by atoms with Crippen molar-refractivity contribution in [3.8, 4) is 0 Å². The molecule has 1 amide bonds. The van der Waals surface area contributed by atoms with Crippen LogP contribution in [0.3, 0.4) is 0 Å². The van der Waals surface area contributed by atoms with Gasteiger partial charge in [0.15, 0.2) is 15.0 Å². The Morgan fingerprint density at radius 3 is 2.39 bits per heavy atom. The number of anilines is 1. The van der Waals surface area contributed by atoms with Gasteiger partial charge in [0.1, 0.15) is 11.6 Å². The first-order valence-electron chi connectivity index (χ1n) is 10.1. The Hall–Kier alpha value is -2.65. The van der Waals surface area contributed by atoms with Crippen molar-refractivity contribution in [1.82, 2.24) is 14.8 Å². The summed E-state index contributed by atoms with van der Waals surface area (Å²) >= 11 is 1.30. The number of amides is 1. The lowest BCUT2D eigenvalue weighted by atomic mass is 10.2. The average Bonchev–Trinajstić information content (AvgIpc) is 3.14. The van der Waals surface area contributed by atoms with Gasteiger partial charge in [0.2, 0.25) is 5.91 Å². The van der Waals surface area contributed by atoms with Crippen LogP contribution in [0.4, 0.5) is 5.69 Å². The number of benzene rings is 2. The van der Waals surface area contributed by atoms with E-state index in [0.29, 0.717) is 23.9 Å². The molecule has 3 rings (SSSR count). The molecule has 0 fully saturated rings. The number of hydrogen-bond donors (Lipinski definition) is 1. The highest BCUT2D eigenvalue weighted by atomic mass is 32.2. The standard InChI is InChI=1S/C22H26N4O3S2/c1-4-19(21(27)23-18-14-10-9-11-16(18)3)30-22-25-24-20(26(22)5-2)15-31(28,29)17-12-7-6-8-13-17/h6-14,19H,4-5,15H2,1-3H3,(H,23,27). The Balaban J connectivity index is 1.78. The number of carbonyl (C=O) groups excluding carboxylic acids is 1. The van der Waals surface area contributed by atoms with Crippen LogP contribution in [0.1, 0.15) is 31.7 Å². The summed E-state index contributed by atoms with van der Waals surface area (Å²) in [6, 6.07) is 15.9. The molecule has 1 N–H and O–H groups in total. The summed E-state index contributed by atoms with van der Waals surface area (Å²) in [5.41, 5.74) is 1.76. The number of rotatable bonds is 9. The Morgan fingerprint density at radius 2 is 1.74 bits per heavy atom. The lowest BCUT2D eigenvalue weighted by molar-refractivity contribution is -0.115. The highest BCUT2D eigenvalue weighted by Gasteiger charge is 2.25. The van der Waals surface area contributed by atoms with Crippen molar-refractivity contribution >= 4 is 33.2 Å². The number of hydrogen-bond acceptors (Lipinski definition) is 6. The first-order chi connectivity index (χ1) is 14.9. The van der Waals surface area contributed by atoms with Gasteiger partial charge in [0, 0.05) is 12.2 Å². The molecule has 0 saturated carbocycles. The Labute approximate surface area is 187 Å². The first-order valence-corrected chi connectivity index (χ1v) is 12.6. The highest BCUT2D eigenvalue weighted by molar-refractivity contribution is 8.00. The van der Waals surface area contributed by atoms with Crippen LogP contribution in [-0.4, -0.2) is 34.3 Å². The second-order valence-corrected chi connectivity index (χ2v) is 10.2. The van der Waals surface area contributed by atoms with Crippen molar-refractivity contribution in [1.29, 1.82) is 0 Å². The lowest BCUT2D eigenvalue weighted by Crippen LogP contribution is -2.25. The van der Waals surface area contributed by atoms with Crippen molar-refractivity contribution in [2.75, 3.05) is 5.32 Å². The van der Waals surface area contributed by atoms with Crippen molar-refractivity contribution in [3.63, 3.8) is 0 Å². The van der Waals surface area contributed by atoms with E-state index in [0.717, 1.165) is 11.3 Å². The average molecular weight is 459 g/mol. The minimum absolute atomic E-state index is 0.120. The third-order valence-corrected chi connectivity index (χ3v) is 7.82. The van der Waals surface area contributed by atoms with Gasteiger partial charge in [-0.2, -0.15) is 0 Å². The molecule has 31 heavy (non-hydrogen) atoms. The molecular formula is C22H26N4O3S2. The molecule has 1 heterocycles. The van der Waals surface area contributed by atoms with Crippen LogP contribution in [0.2, 0.25) is 0 Å². The molecule has 0 aliphatic rings. The number of aromatic nitrogens is 3. The Kier molecular flexibility index (Phi) is 7.50. The molecule has 0 aliphatic heterocycles. The normalized spacial score (nSPS) is 12.5. The van der Waals surface area contributed by atoms with E-state index in [4.69, 9.17) is 0 Å². The number of para-hydroxylation sites is 1. The molecule has 3 aromatic rings. The van der Waals surface area contributed by atoms with Crippen LogP contribution in [0.15, 0.2) is 64.6 Å². The van der Waals surface area contributed by atoms with E-state index in [1.165, 1.54) is 11.8 Å². The van der Waals surface area contributed by atoms with E-state index in [2.05, 4.69) is 15.5 Å². The molecule has 0 saturated heterocycles. The number of sulfone groups is 1. The lowest BCUT2D eigenvalue weighted by Gasteiger charge is -2.16. The van der Waals surface area contributed by atoms with Crippen LogP contribution in [0, 0.1) is 6.92 Å². The van der Waals surface area contributed by atoms with E-state index in [1.807, 2.05) is 45.0 Å². The quantitative estimate of drug-likeness (QED) is 0.486. The molecule has 0 radical (unpaired) electrons. The molecule has 0 spiro atoms. The van der Waals surface area contributed by atoms with Gasteiger partial charge in [0.25, 0.3) is 0 Å². The van der Waals surface area contributed by atoms with Gasteiger partial charge in [-0.15, -0.1) is 10.2 Å². The molecule has 0 bridgehead atoms. The van der Waals surface area contributed by atoms with E-state index >= 15 is 0 Å². The zero-order valence-corrected chi connectivity index (χ0v) is 19.4. The molecule has 0 aliphatic carbocycles. The minimum atomic E-state index is -3.54. The second kappa shape index (κ2) is 10.1. The van der Waals surface area contributed by atoms with Crippen LogP contribution >= 0.6 is 11.8 Å². The van der Waals surface area contributed by atoms with Crippen LogP contribution < -0.4 is 5.32 Å². The molecular weight excluding hydrogens is 432 g/mol. The number of nitrogens with one attached hydrogen (secondary N) is 1. The number of nitrogens with zero attached hydrogens (tertiary/aromatic N) is 3. The predicted molar refractivity (Wildman–Crippen MR) is 123 cm³/mol. The maximum Gasteiger partial charge on any atom is 0.237 e. The van der Waals surface area contributed by atoms with Gasteiger partial charge < -0.3 is 9.88 Å². The summed E-state index contributed by atoms with van der Waals surface area (Å²) in [6.45, 7) is 6.28. The number of aryl methyl sites for hydroxylation is 1. The van der Waals surface area contributed by atoms with Crippen LogP contribution in [0.5, 0.6) is 0 Å². The number of thioether (sulfide) groups is 1. The largest absolute Gasteiger partial charge is 0.325 e. The van der Waals surface area contributed by atoms with Crippen molar-refractivity contribution in [2.24, 2.45) is 0 Å². The molecule has 7 nitrogen and oxygen atoms in total. The minimum Gasteiger partial charge on any atom is -0.325 e. The fraction of sp³-hybridized carbons (Fsp3) is 0.318. The van der Waals surface area contributed by atoms with E-state index in [-0.39, 0.29) is 21.8 Å². The topological polar surface area (TPSA) is 93.9 Å². The molecule has 9 heteroatoms. The van der Waals surface area contributed by atoms with Crippen molar-refractivity contribution in [3.05, 3.63) is 66.0 Å². The third kappa shape index (κ3) is 5.54. The maximum atomic E-state index is 12.8. The summed E-state index contributed by atoms with van der Waals surface area (Å²) in [4.78, 5) is 13.1. The maximum absolute atomic E-state index is 12.8. The Bertz CT molecular complexity index is 1140. The summed E-state index contributed by atoms with van der Waals surface area (Å²) < 4.78 is 27.3. The van der Waals surface area contributed by atoms with Crippen molar-refractivity contribution in [2.45, 2.75) is 54.8 Å². The van der Waals surface area contributed by atoms with Gasteiger partial charge >= 0.3 is 0 Å². The zero-order chi connectivity index (χ0) is 22.4. The van der Waals surface area contributed by atoms with Gasteiger partial charge in [-0.1, -0.05) is 55.1 Å². The summed E-state index contributed by atoms with van der Waals surface area (Å²) in [7, 11) is -3.54. The summed E-state index contributed by atoms with van der Waals surface area (Å²) in [5, 5.41) is 11.4. The van der Waals surface area contributed by atoms with Gasteiger partial charge in [-0.25, -0.2) is 8.42 Å². The van der Waals surface area contributed by atoms with E-state index < -0.39 is 9.84 Å². The molecule has 164 valence electrons. The fourth-order valence-corrected chi connectivity index (χ4v) is 5.42. The Morgan fingerprint density at radius 1 is 1.06 bits per heavy atom. The first kappa shape index (κ1) is 23.0. The molecule has 1 unspecified atom stereocenters. The summed E-state index contributed by atoms with van der Waals surface area (Å²) in [6.07, 6.45) is 0.594. The highest BCUT2D eigenvalue weighted by Crippen LogP contribution is 2.27. The van der Waals surface area contributed by atoms with Gasteiger partial charge in [-0.3, -0.25) is 4.79 Å². The SMILES string of the molecule is CCC(Sc1nnc(CS(=O)(=O)c2ccccc2)n1CC)C(=O)Nc1ccccc1C. The van der Waals surface area contributed by atoms with Gasteiger partial charge in [-0.05, 0) is 44.0 Å². The fourth-order valence-electron chi connectivity index (χ4n) is 3.09. The summed E-state index contributed by atoms with van der Waals surface area (Å²) in [5.74, 6) is -0.00105. The van der Waals surface area contributed by atoms with Crippen molar-refractivity contribution < 1.29 is 13.2 Å². The van der Waals surface area contributed by atoms with Crippen LogP contribution in [-0.2, 0) is 26.9 Å². The predicted octanol–water partition coefficient (Wildman–Crippen LogP) is 4.09. The molecule has 1 atom stereocenters. The second-order valence-electron chi connectivity index (χ2n) is 7.03. The van der Waals surface area contributed by atoms with Crippen LogP contribution in [0.25, 0.3) is 0 Å². The molecule has 1 aromatic heterocycles. The smallest absolute Gasteiger partial charge is 0.237 e. The zero-order valence-electron chi connectivity index (χ0n) is 17.8. The van der Waals surface area contributed by atoms with Gasteiger partial charge in [0.05, 0.1) is 10.1 Å². The van der Waals surface area contributed by atoms with E-state index in [1.54, 1.807) is 34.9 Å². The number of carbonyl (C=O) groups is 1.